The molecule has 35 heavy (non-hydrogen) atoms. The predicted octanol–water partition coefficient (Wildman–Crippen LogP) is 5.02. The number of anilines is 1. The number of likely N-dealkylation sites (tertiary alicyclic amines) is 1. The molecule has 2 aromatic rings. The summed E-state index contributed by atoms with van der Waals surface area (Å²) in [5, 5.41) is 0.391. The van der Waals surface area contributed by atoms with Crippen molar-refractivity contribution in [3.8, 4) is 0 Å². The summed E-state index contributed by atoms with van der Waals surface area (Å²) in [6, 6.07) is 10.2. The maximum absolute atomic E-state index is 13.5. The summed E-state index contributed by atoms with van der Waals surface area (Å²) in [5.74, 6) is -1.44. The number of nitrogens with zero attached hydrogens (tertiary/aromatic N) is 2. The highest BCUT2D eigenvalue weighted by molar-refractivity contribution is 6.30. The molecule has 0 N–H and O–H groups in total. The van der Waals surface area contributed by atoms with E-state index in [1.54, 1.807) is 0 Å². The number of hydrogen-bond donors (Lipinski definition) is 0. The highest BCUT2D eigenvalue weighted by atomic mass is 35.5. The molecule has 5 nitrogen and oxygen atoms in total. The summed E-state index contributed by atoms with van der Waals surface area (Å²) in [4.78, 5) is 42.5. The molecular formula is C26H20ClF3N2O3. The lowest BCUT2D eigenvalue weighted by Gasteiger charge is -2.37. The van der Waals surface area contributed by atoms with Crippen LogP contribution in [-0.2, 0) is 15.8 Å². The van der Waals surface area contributed by atoms with Gasteiger partial charge in [-0.05, 0) is 72.6 Å². The summed E-state index contributed by atoms with van der Waals surface area (Å²) >= 11 is 5.92. The minimum Gasteiger partial charge on any atom is -0.290 e. The minimum absolute atomic E-state index is 0.00502. The van der Waals surface area contributed by atoms with Gasteiger partial charge in [-0.25, -0.2) is 0 Å². The molecule has 0 spiro atoms. The maximum atomic E-state index is 13.5. The van der Waals surface area contributed by atoms with Crippen LogP contribution in [0.4, 0.5) is 18.9 Å². The molecule has 0 radical (unpaired) electrons. The van der Waals surface area contributed by atoms with Crippen molar-refractivity contribution in [3.63, 3.8) is 0 Å². The first-order valence-electron chi connectivity index (χ1n) is 11.4. The molecule has 2 aromatic carbocycles. The van der Waals surface area contributed by atoms with Gasteiger partial charge in [-0.3, -0.25) is 24.2 Å². The van der Waals surface area contributed by atoms with Crippen LogP contribution in [-0.4, -0.2) is 29.3 Å². The summed E-state index contributed by atoms with van der Waals surface area (Å²) in [7, 11) is 0. The highest BCUT2D eigenvalue weighted by Gasteiger charge is 2.67. The third-order valence-electron chi connectivity index (χ3n) is 7.86. The lowest BCUT2D eigenvalue weighted by molar-refractivity contribution is -0.140. The zero-order chi connectivity index (χ0) is 24.6. The fraction of sp³-hybridized carbons (Fsp3) is 0.346. The van der Waals surface area contributed by atoms with Crippen LogP contribution in [0.3, 0.4) is 0 Å². The fourth-order valence-corrected chi connectivity index (χ4v) is 6.29. The molecule has 4 aliphatic carbocycles. The lowest BCUT2D eigenvalue weighted by atomic mass is 9.63. The van der Waals surface area contributed by atoms with Gasteiger partial charge in [-0.15, -0.1) is 0 Å². The maximum Gasteiger partial charge on any atom is 0.416 e. The van der Waals surface area contributed by atoms with Crippen LogP contribution in [0.1, 0.15) is 22.3 Å². The van der Waals surface area contributed by atoms with Crippen molar-refractivity contribution in [2.24, 2.45) is 35.5 Å². The molecule has 2 bridgehead atoms. The number of imide groups is 1. The van der Waals surface area contributed by atoms with Crippen molar-refractivity contribution < 1.29 is 27.6 Å². The third-order valence-corrected chi connectivity index (χ3v) is 8.11. The summed E-state index contributed by atoms with van der Waals surface area (Å²) < 4.78 is 40.3. The van der Waals surface area contributed by atoms with Gasteiger partial charge in [0.05, 0.1) is 17.4 Å². The van der Waals surface area contributed by atoms with Gasteiger partial charge in [-0.1, -0.05) is 29.8 Å². The van der Waals surface area contributed by atoms with Gasteiger partial charge in [0.15, 0.2) is 0 Å². The van der Waals surface area contributed by atoms with Crippen LogP contribution in [0.2, 0.25) is 5.02 Å². The van der Waals surface area contributed by atoms with Crippen molar-refractivity contribution in [3.05, 3.63) is 76.8 Å². The molecule has 1 aliphatic heterocycles. The number of rotatable bonds is 4. The van der Waals surface area contributed by atoms with E-state index in [0.717, 1.165) is 28.4 Å². The second kappa shape index (κ2) is 7.68. The zero-order valence-electron chi connectivity index (χ0n) is 18.3. The Balaban J connectivity index is 1.36. The number of benzene rings is 2. The quantitative estimate of drug-likeness (QED) is 0.438. The minimum atomic E-state index is -4.62. The van der Waals surface area contributed by atoms with E-state index < -0.39 is 36.2 Å². The van der Waals surface area contributed by atoms with Crippen LogP contribution < -0.4 is 4.90 Å². The van der Waals surface area contributed by atoms with E-state index in [1.807, 2.05) is 12.2 Å². The Hall–Kier alpha value is -3.13. The molecule has 7 rings (SSSR count). The second-order valence-electron chi connectivity index (χ2n) is 9.69. The largest absolute Gasteiger partial charge is 0.416 e. The molecule has 3 fully saturated rings. The first-order valence-corrected chi connectivity index (χ1v) is 11.8. The van der Waals surface area contributed by atoms with Gasteiger partial charge < -0.3 is 0 Å². The summed E-state index contributed by atoms with van der Waals surface area (Å²) in [5.41, 5.74) is -0.815. The van der Waals surface area contributed by atoms with Crippen LogP contribution in [0.5, 0.6) is 0 Å². The van der Waals surface area contributed by atoms with Crippen LogP contribution in [0.25, 0.3) is 0 Å². The molecular weight excluding hydrogens is 481 g/mol. The van der Waals surface area contributed by atoms with Crippen LogP contribution in [0.15, 0.2) is 60.7 Å². The molecule has 6 atom stereocenters. The van der Waals surface area contributed by atoms with E-state index in [9.17, 15) is 27.6 Å². The van der Waals surface area contributed by atoms with Crippen molar-refractivity contribution in [1.29, 1.82) is 0 Å². The number of amides is 3. The molecule has 9 heteroatoms. The molecule has 6 unspecified atom stereocenters. The Kier molecular flexibility index (Phi) is 4.90. The Morgan fingerprint density at radius 3 is 2.14 bits per heavy atom. The number of carbonyl (C=O) groups excluding carboxylic acids is 3. The highest BCUT2D eigenvalue weighted by Crippen LogP contribution is 2.65. The Labute approximate surface area is 204 Å². The van der Waals surface area contributed by atoms with Gasteiger partial charge in [-0.2, -0.15) is 13.2 Å². The molecule has 1 saturated heterocycles. The topological polar surface area (TPSA) is 57.7 Å². The Bertz CT molecular complexity index is 1240. The standard InChI is InChI=1S/C26H20ClF3N2O3/c27-15-6-4-13(5-7-15)23(33)31(16-3-1-2-14(10-16)26(28,29)30)12-32-24(34)21-17-8-9-18(20-11-19(17)20)22(21)25(32)35/h1-10,17-22H,11-12H2. The van der Waals surface area contributed by atoms with Gasteiger partial charge >= 0.3 is 6.18 Å². The Morgan fingerprint density at radius 1 is 0.971 bits per heavy atom. The smallest absolute Gasteiger partial charge is 0.290 e. The van der Waals surface area contributed by atoms with E-state index in [1.165, 1.54) is 36.4 Å². The van der Waals surface area contributed by atoms with E-state index in [4.69, 9.17) is 11.6 Å². The molecule has 5 aliphatic rings. The van der Waals surface area contributed by atoms with Crippen molar-refractivity contribution in [2.45, 2.75) is 12.6 Å². The van der Waals surface area contributed by atoms with E-state index in [2.05, 4.69) is 0 Å². The van der Waals surface area contributed by atoms with Crippen molar-refractivity contribution >= 4 is 35.0 Å². The molecule has 2 saturated carbocycles. The number of halogens is 4. The molecule has 180 valence electrons. The summed E-state index contributed by atoms with van der Waals surface area (Å²) in [6.45, 7) is -0.456. The fourth-order valence-electron chi connectivity index (χ4n) is 6.16. The predicted molar refractivity (Wildman–Crippen MR) is 121 cm³/mol. The van der Waals surface area contributed by atoms with Gasteiger partial charge in [0.2, 0.25) is 11.8 Å². The monoisotopic (exact) mass is 500 g/mol. The first kappa shape index (κ1) is 22.3. The number of carbonyl (C=O) groups is 3. The normalized spacial score (nSPS) is 30.3. The molecule has 3 amide bonds. The van der Waals surface area contributed by atoms with Gasteiger partial charge in [0.25, 0.3) is 5.91 Å². The zero-order valence-corrected chi connectivity index (χ0v) is 19.0. The number of hydrogen-bond acceptors (Lipinski definition) is 3. The number of allylic oxidation sites excluding steroid dienone is 2. The average Bonchev–Trinajstić information content (AvgIpc) is 3.62. The van der Waals surface area contributed by atoms with Gasteiger partial charge in [0, 0.05) is 16.3 Å². The third kappa shape index (κ3) is 3.49. The lowest BCUT2D eigenvalue weighted by Crippen LogP contribution is -2.45. The van der Waals surface area contributed by atoms with Crippen LogP contribution in [0, 0.1) is 35.5 Å². The SMILES string of the molecule is O=C1C2C3C=CC(C4CC34)C2C(=O)N1CN(C(=O)c1ccc(Cl)cc1)c1cccc(C(F)(F)F)c1. The Morgan fingerprint density at radius 2 is 1.57 bits per heavy atom. The van der Waals surface area contributed by atoms with E-state index in [-0.39, 0.29) is 34.9 Å². The summed E-state index contributed by atoms with van der Waals surface area (Å²) in [6.07, 6.45) is 0.475. The van der Waals surface area contributed by atoms with Gasteiger partial charge in [0.1, 0.15) is 6.67 Å². The average molecular weight is 501 g/mol. The molecule has 1 heterocycles. The van der Waals surface area contributed by atoms with Crippen molar-refractivity contribution in [2.75, 3.05) is 11.6 Å². The van der Waals surface area contributed by atoms with Crippen LogP contribution >= 0.6 is 11.6 Å². The van der Waals surface area contributed by atoms with E-state index >= 15 is 0 Å². The first-order chi connectivity index (χ1) is 16.6. The number of alkyl halides is 3. The molecule has 0 aromatic heterocycles. The second-order valence-corrected chi connectivity index (χ2v) is 10.1. The van der Waals surface area contributed by atoms with E-state index in [0.29, 0.717) is 16.9 Å². The van der Waals surface area contributed by atoms with Crippen molar-refractivity contribution in [1.82, 2.24) is 4.90 Å².